The molecule has 0 bridgehead atoms. The van der Waals surface area contributed by atoms with Gasteiger partial charge in [0.1, 0.15) is 0 Å². The first-order valence-corrected chi connectivity index (χ1v) is 3.68. The van der Waals surface area contributed by atoms with E-state index in [1.807, 2.05) is 30.3 Å². The first-order valence-electron chi connectivity index (χ1n) is 2.60. The molecular weight excluding hydrogens is 227 g/mol. The van der Waals surface area contributed by atoms with Gasteiger partial charge in [-0.2, -0.15) is 0 Å². The third-order valence-electron chi connectivity index (χ3n) is 0.979. The molecule has 0 N–H and O–H groups in total. The normalized spacial score (nSPS) is 17.6. The van der Waals surface area contributed by atoms with Gasteiger partial charge in [-0.1, -0.05) is 0 Å². The second kappa shape index (κ2) is 3.00. The molecule has 0 saturated heterocycles. The van der Waals surface area contributed by atoms with Crippen LogP contribution < -0.4 is 0 Å². The topological polar surface area (TPSA) is 15.6 Å². The van der Waals surface area contributed by atoms with Crippen molar-refractivity contribution >= 4 is 26.4 Å². The highest BCUT2D eigenvalue weighted by atomic mass is 127. The lowest BCUT2D eigenvalue weighted by Crippen LogP contribution is -2.13. The van der Waals surface area contributed by atoms with Crippen molar-refractivity contribution in [3.8, 4) is 0 Å². The van der Waals surface area contributed by atoms with Crippen molar-refractivity contribution in [2.45, 2.75) is 0 Å². The number of amidine groups is 1. The van der Waals surface area contributed by atoms with Gasteiger partial charge >= 0.3 is 0 Å². The zero-order valence-electron chi connectivity index (χ0n) is 5.08. The fourth-order valence-electron chi connectivity index (χ4n) is 0.486. The summed E-state index contributed by atoms with van der Waals surface area (Å²) in [5, 5.41) is 0. The minimum absolute atomic E-state index is 0.984. The molecule has 1 rings (SSSR count). The van der Waals surface area contributed by atoms with E-state index < -0.39 is 0 Å². The molecule has 0 radical (unpaired) electrons. The van der Waals surface area contributed by atoms with E-state index in [-0.39, 0.29) is 0 Å². The van der Waals surface area contributed by atoms with Crippen LogP contribution in [0.4, 0.5) is 0 Å². The number of hydrogen-bond donors (Lipinski definition) is 0. The second-order valence-corrected chi connectivity index (χ2v) is 2.66. The highest BCUT2D eigenvalue weighted by Crippen LogP contribution is 2.01. The Labute approximate surface area is 68.1 Å². The van der Waals surface area contributed by atoms with Crippen LogP contribution in [0.15, 0.2) is 29.5 Å². The van der Waals surface area contributed by atoms with Crippen molar-refractivity contribution in [3.05, 3.63) is 24.6 Å². The van der Waals surface area contributed by atoms with Crippen LogP contribution in [-0.2, 0) is 0 Å². The van der Waals surface area contributed by atoms with Gasteiger partial charge in [0.15, 0.2) is 3.84 Å². The zero-order chi connectivity index (χ0) is 6.69. The maximum atomic E-state index is 4.09. The van der Waals surface area contributed by atoms with E-state index in [9.17, 15) is 0 Å². The third-order valence-corrected chi connectivity index (χ3v) is 2.02. The molecule has 0 saturated carbocycles. The van der Waals surface area contributed by atoms with Gasteiger partial charge in [0, 0.05) is 19.4 Å². The van der Waals surface area contributed by atoms with Crippen molar-refractivity contribution in [2.75, 3.05) is 7.05 Å². The van der Waals surface area contributed by atoms with Gasteiger partial charge in [-0.15, -0.1) is 0 Å². The fourth-order valence-corrected chi connectivity index (χ4v) is 0.807. The molecule has 48 valence electrons. The average molecular weight is 234 g/mol. The van der Waals surface area contributed by atoms with Gasteiger partial charge in [0.05, 0.1) is 0 Å². The molecule has 0 atom stereocenters. The summed E-state index contributed by atoms with van der Waals surface area (Å²) >= 11 is 2.18. The third kappa shape index (κ3) is 1.82. The summed E-state index contributed by atoms with van der Waals surface area (Å²) in [5.41, 5.74) is 0. The fraction of sp³-hybridized carbons (Fsp3) is 0.167. The maximum absolute atomic E-state index is 4.09. The van der Waals surface area contributed by atoms with E-state index in [4.69, 9.17) is 0 Å². The molecule has 1 heterocycles. The predicted molar refractivity (Wildman–Crippen MR) is 47.5 cm³/mol. The largest absolute Gasteiger partial charge is 0.331 e. The highest BCUT2D eigenvalue weighted by Gasteiger charge is 1.95. The summed E-state index contributed by atoms with van der Waals surface area (Å²) in [4.78, 5) is 6.05. The van der Waals surface area contributed by atoms with Crippen LogP contribution in [0.3, 0.4) is 0 Å². The van der Waals surface area contributed by atoms with Gasteiger partial charge in [0.2, 0.25) is 0 Å². The standard InChI is InChI=1S/C6H7IN2/c1-9-5-3-2-4-8-6(9)7/h2-5H,1H3. The molecule has 0 aromatic carbocycles. The van der Waals surface area contributed by atoms with E-state index in [1.165, 1.54) is 0 Å². The second-order valence-electron chi connectivity index (χ2n) is 1.69. The smallest absolute Gasteiger partial charge is 0.170 e. The maximum Gasteiger partial charge on any atom is 0.170 e. The van der Waals surface area contributed by atoms with Gasteiger partial charge in [-0.3, -0.25) is 0 Å². The van der Waals surface area contributed by atoms with Gasteiger partial charge in [-0.05, 0) is 34.7 Å². The van der Waals surface area contributed by atoms with Crippen LogP contribution in [0.2, 0.25) is 0 Å². The number of allylic oxidation sites excluding steroid dienone is 2. The van der Waals surface area contributed by atoms with E-state index in [2.05, 4.69) is 27.6 Å². The summed E-state index contributed by atoms with van der Waals surface area (Å²) in [6, 6.07) is 0. The van der Waals surface area contributed by atoms with Crippen LogP contribution >= 0.6 is 22.6 Å². The molecule has 3 heteroatoms. The van der Waals surface area contributed by atoms with Crippen LogP contribution in [0.5, 0.6) is 0 Å². The zero-order valence-corrected chi connectivity index (χ0v) is 7.24. The lowest BCUT2D eigenvalue weighted by atomic mass is 10.6. The lowest BCUT2D eigenvalue weighted by molar-refractivity contribution is 0.709. The lowest BCUT2D eigenvalue weighted by Gasteiger charge is -2.07. The monoisotopic (exact) mass is 234 g/mol. The SMILES string of the molecule is CN1C=CC=CN=C1I. The van der Waals surface area contributed by atoms with Crippen molar-refractivity contribution in [3.63, 3.8) is 0 Å². The number of rotatable bonds is 0. The Kier molecular flexibility index (Phi) is 2.27. The molecule has 0 aromatic heterocycles. The molecule has 0 aromatic rings. The summed E-state index contributed by atoms with van der Waals surface area (Å²) in [7, 11) is 1.97. The Morgan fingerprint density at radius 1 is 1.56 bits per heavy atom. The van der Waals surface area contributed by atoms with E-state index in [0.717, 1.165) is 3.84 Å². The van der Waals surface area contributed by atoms with Crippen molar-refractivity contribution in [1.29, 1.82) is 0 Å². The molecule has 0 amide bonds. The Morgan fingerprint density at radius 3 is 3.11 bits per heavy atom. The molecular formula is C6H7IN2. The Morgan fingerprint density at radius 2 is 2.33 bits per heavy atom. The predicted octanol–water partition coefficient (Wildman–Crippen LogP) is 1.75. The quantitative estimate of drug-likeness (QED) is 0.460. The summed E-state index contributed by atoms with van der Waals surface area (Å²) in [6.07, 6.45) is 7.61. The van der Waals surface area contributed by atoms with Gasteiger partial charge in [0.25, 0.3) is 0 Å². The molecule has 0 spiro atoms. The highest BCUT2D eigenvalue weighted by molar-refractivity contribution is 14.1. The van der Waals surface area contributed by atoms with Crippen LogP contribution in [-0.4, -0.2) is 15.8 Å². The summed E-state index contributed by atoms with van der Waals surface area (Å²) in [5.74, 6) is 0. The van der Waals surface area contributed by atoms with Crippen molar-refractivity contribution < 1.29 is 0 Å². The average Bonchev–Trinajstić information content (AvgIpc) is 1.99. The van der Waals surface area contributed by atoms with Crippen LogP contribution in [0, 0.1) is 0 Å². The van der Waals surface area contributed by atoms with Crippen LogP contribution in [0.1, 0.15) is 0 Å². The number of nitrogens with zero attached hydrogens (tertiary/aromatic N) is 2. The first kappa shape index (κ1) is 6.80. The van der Waals surface area contributed by atoms with Gasteiger partial charge in [-0.25, -0.2) is 4.99 Å². The van der Waals surface area contributed by atoms with Gasteiger partial charge < -0.3 is 4.90 Å². The minimum Gasteiger partial charge on any atom is -0.331 e. The van der Waals surface area contributed by atoms with Crippen molar-refractivity contribution in [1.82, 2.24) is 4.90 Å². The van der Waals surface area contributed by atoms with E-state index in [0.29, 0.717) is 0 Å². The summed E-state index contributed by atoms with van der Waals surface area (Å²) < 4.78 is 0.984. The van der Waals surface area contributed by atoms with E-state index in [1.54, 1.807) is 6.20 Å². The number of hydrogen-bond acceptors (Lipinski definition) is 2. The van der Waals surface area contributed by atoms with Crippen LogP contribution in [0.25, 0.3) is 0 Å². The Bertz CT molecular complexity index is 181. The molecule has 9 heavy (non-hydrogen) atoms. The number of halogens is 1. The number of aliphatic imine (C=N–C) groups is 1. The molecule has 0 aliphatic carbocycles. The first-order chi connectivity index (χ1) is 4.30. The minimum atomic E-state index is 0.984. The molecule has 1 aliphatic heterocycles. The molecule has 0 unspecified atom stereocenters. The Balaban J connectivity index is 2.80. The summed E-state index contributed by atoms with van der Waals surface area (Å²) in [6.45, 7) is 0. The van der Waals surface area contributed by atoms with Crippen molar-refractivity contribution in [2.24, 2.45) is 4.99 Å². The molecule has 2 nitrogen and oxygen atoms in total. The molecule has 1 aliphatic rings. The molecule has 0 fully saturated rings. The van der Waals surface area contributed by atoms with E-state index >= 15 is 0 Å². The Hall–Kier alpha value is -0.320.